The van der Waals surface area contributed by atoms with Crippen LogP contribution in [0.2, 0.25) is 5.02 Å². The maximum Gasteiger partial charge on any atom is 0.329 e. The van der Waals surface area contributed by atoms with E-state index in [0.717, 1.165) is 4.47 Å². The van der Waals surface area contributed by atoms with Gasteiger partial charge in [-0.1, -0.05) is 33.6 Å². The van der Waals surface area contributed by atoms with Crippen molar-refractivity contribution in [2.75, 3.05) is 21.3 Å². The lowest BCUT2D eigenvalue weighted by atomic mass is 10.1. The Morgan fingerprint density at radius 3 is 2.16 bits per heavy atom. The Labute approximate surface area is 159 Å². The number of hydrogen-bond acceptors (Lipinski definition) is 3. The second-order valence-electron chi connectivity index (χ2n) is 6.19. The summed E-state index contributed by atoms with van der Waals surface area (Å²) in [4.78, 5) is 16.3. The van der Waals surface area contributed by atoms with E-state index in [2.05, 4.69) is 15.9 Å². The summed E-state index contributed by atoms with van der Waals surface area (Å²) < 4.78 is 25.3. The van der Waals surface area contributed by atoms with E-state index in [1.807, 2.05) is 24.3 Å². The molecule has 2 aliphatic heterocycles. The fraction of sp³-hybridized carbons (Fsp3) is 0.235. The fourth-order valence-corrected chi connectivity index (χ4v) is 5.90. The number of amides is 2. The van der Waals surface area contributed by atoms with Crippen LogP contribution in [0.25, 0.3) is 0 Å². The second-order valence-corrected chi connectivity index (χ2v) is 9.70. The standard InChI is InChI=1S/C17H14BrClN2O3S/c18-11-4-6-13(7-5-11)20-15-9-25(23,24)10-16(15)21(17(20)22)14-3-1-2-12(19)8-14/h1-8,15-16H,9-10H2/t15-,16-/m1/s1. The molecule has 2 aliphatic rings. The van der Waals surface area contributed by atoms with Crippen LogP contribution in [0.4, 0.5) is 16.2 Å². The predicted molar refractivity (Wildman–Crippen MR) is 102 cm³/mol. The van der Waals surface area contributed by atoms with Crippen LogP contribution in [0.5, 0.6) is 0 Å². The van der Waals surface area contributed by atoms with E-state index in [-0.39, 0.29) is 17.5 Å². The van der Waals surface area contributed by atoms with Gasteiger partial charge in [-0.3, -0.25) is 9.80 Å². The van der Waals surface area contributed by atoms with Crippen LogP contribution in [0.15, 0.2) is 53.0 Å². The summed E-state index contributed by atoms with van der Waals surface area (Å²) in [6.07, 6.45) is 0. The molecule has 2 atom stereocenters. The van der Waals surface area contributed by atoms with Crippen LogP contribution in [-0.2, 0) is 9.84 Å². The molecule has 2 aromatic carbocycles. The zero-order valence-electron chi connectivity index (χ0n) is 13.0. The molecule has 0 unspecified atom stereocenters. The molecule has 130 valence electrons. The first kappa shape index (κ1) is 16.9. The molecule has 25 heavy (non-hydrogen) atoms. The first-order valence-electron chi connectivity index (χ1n) is 7.70. The summed E-state index contributed by atoms with van der Waals surface area (Å²) in [7, 11) is -3.21. The van der Waals surface area contributed by atoms with E-state index in [4.69, 9.17) is 11.6 Å². The van der Waals surface area contributed by atoms with Crippen LogP contribution in [0.3, 0.4) is 0 Å². The van der Waals surface area contributed by atoms with Crippen LogP contribution < -0.4 is 9.80 Å². The molecule has 4 rings (SSSR count). The van der Waals surface area contributed by atoms with Crippen molar-refractivity contribution in [1.82, 2.24) is 0 Å². The third-order valence-electron chi connectivity index (χ3n) is 4.56. The molecular formula is C17H14BrClN2O3S. The monoisotopic (exact) mass is 440 g/mol. The van der Waals surface area contributed by atoms with Gasteiger partial charge in [0.05, 0.1) is 23.6 Å². The number of carbonyl (C=O) groups excluding carboxylic acids is 1. The van der Waals surface area contributed by atoms with Crippen LogP contribution in [0, 0.1) is 0 Å². The summed E-state index contributed by atoms with van der Waals surface area (Å²) in [5.74, 6) is -0.0700. The number of anilines is 2. The van der Waals surface area contributed by atoms with Gasteiger partial charge in [-0.15, -0.1) is 0 Å². The van der Waals surface area contributed by atoms with E-state index < -0.39 is 21.9 Å². The zero-order chi connectivity index (χ0) is 17.8. The van der Waals surface area contributed by atoms with Gasteiger partial charge >= 0.3 is 6.03 Å². The molecule has 2 aromatic rings. The molecule has 0 aliphatic carbocycles. The number of urea groups is 1. The first-order chi connectivity index (χ1) is 11.9. The van der Waals surface area contributed by atoms with E-state index >= 15 is 0 Å². The molecule has 0 bridgehead atoms. The third kappa shape index (κ3) is 2.94. The van der Waals surface area contributed by atoms with Gasteiger partial charge in [0.15, 0.2) is 9.84 Å². The molecule has 0 N–H and O–H groups in total. The Morgan fingerprint density at radius 2 is 1.56 bits per heavy atom. The van der Waals surface area contributed by atoms with E-state index in [1.54, 1.807) is 34.1 Å². The number of carbonyl (C=O) groups is 1. The normalized spacial score (nSPS) is 24.6. The van der Waals surface area contributed by atoms with Crippen molar-refractivity contribution < 1.29 is 13.2 Å². The Balaban J connectivity index is 1.81. The number of rotatable bonds is 2. The maximum atomic E-state index is 13.1. The lowest BCUT2D eigenvalue weighted by molar-refractivity contribution is 0.255. The number of benzene rings is 2. The van der Waals surface area contributed by atoms with E-state index in [9.17, 15) is 13.2 Å². The van der Waals surface area contributed by atoms with Crippen molar-refractivity contribution in [1.29, 1.82) is 0 Å². The molecule has 2 heterocycles. The van der Waals surface area contributed by atoms with Crippen LogP contribution in [0.1, 0.15) is 0 Å². The average Bonchev–Trinajstić information content (AvgIpc) is 2.97. The number of halogens is 2. The molecule has 2 saturated heterocycles. The molecule has 2 fully saturated rings. The molecule has 8 heteroatoms. The molecule has 0 aromatic heterocycles. The second kappa shape index (κ2) is 6.00. The smallest absolute Gasteiger partial charge is 0.288 e. The molecule has 0 saturated carbocycles. The number of hydrogen-bond donors (Lipinski definition) is 0. The van der Waals surface area contributed by atoms with Gasteiger partial charge in [0.1, 0.15) is 0 Å². The lowest BCUT2D eigenvalue weighted by Gasteiger charge is -2.22. The van der Waals surface area contributed by atoms with Gasteiger partial charge in [-0.2, -0.15) is 0 Å². The highest BCUT2D eigenvalue weighted by Gasteiger charge is 2.54. The Morgan fingerprint density at radius 1 is 0.960 bits per heavy atom. The number of sulfone groups is 1. The van der Waals surface area contributed by atoms with Gasteiger partial charge in [0, 0.05) is 20.9 Å². The summed E-state index contributed by atoms with van der Waals surface area (Å²) in [6.45, 7) is 0. The minimum Gasteiger partial charge on any atom is -0.288 e. The van der Waals surface area contributed by atoms with Crippen molar-refractivity contribution >= 4 is 54.8 Å². The molecule has 0 spiro atoms. The van der Waals surface area contributed by atoms with Crippen molar-refractivity contribution in [2.45, 2.75) is 12.1 Å². The van der Waals surface area contributed by atoms with Crippen LogP contribution >= 0.6 is 27.5 Å². The van der Waals surface area contributed by atoms with Gasteiger partial charge < -0.3 is 0 Å². The quantitative estimate of drug-likeness (QED) is 0.668. The summed E-state index contributed by atoms with van der Waals surface area (Å²) in [5.41, 5.74) is 1.30. The Bertz CT molecular complexity index is 949. The first-order valence-corrected chi connectivity index (χ1v) is 10.7. The zero-order valence-corrected chi connectivity index (χ0v) is 16.1. The highest BCUT2D eigenvalue weighted by Crippen LogP contribution is 2.38. The Kier molecular flexibility index (Phi) is 4.05. The SMILES string of the molecule is O=C1N(c2ccc(Br)cc2)[C@@H]2CS(=O)(=O)C[C@H]2N1c1cccc(Cl)c1. The average molecular weight is 442 g/mol. The van der Waals surface area contributed by atoms with Crippen molar-refractivity contribution in [2.24, 2.45) is 0 Å². The molecule has 2 amide bonds. The minimum atomic E-state index is -3.21. The lowest BCUT2D eigenvalue weighted by Crippen LogP contribution is -2.37. The Hall–Kier alpha value is -1.57. The third-order valence-corrected chi connectivity index (χ3v) is 7.02. The highest BCUT2D eigenvalue weighted by molar-refractivity contribution is 9.10. The van der Waals surface area contributed by atoms with Crippen molar-refractivity contribution in [3.8, 4) is 0 Å². The van der Waals surface area contributed by atoms with Gasteiger partial charge in [-0.25, -0.2) is 13.2 Å². The van der Waals surface area contributed by atoms with E-state index in [1.165, 1.54) is 0 Å². The predicted octanol–water partition coefficient (Wildman–Crippen LogP) is 3.71. The fourth-order valence-electron chi connectivity index (χ4n) is 3.54. The van der Waals surface area contributed by atoms with Gasteiger partial charge in [0.25, 0.3) is 0 Å². The van der Waals surface area contributed by atoms with Crippen molar-refractivity contribution in [3.05, 3.63) is 58.0 Å². The topological polar surface area (TPSA) is 57.7 Å². The summed E-state index contributed by atoms with van der Waals surface area (Å²) in [5, 5.41) is 0.504. The summed E-state index contributed by atoms with van der Waals surface area (Å²) >= 11 is 9.44. The van der Waals surface area contributed by atoms with Crippen molar-refractivity contribution in [3.63, 3.8) is 0 Å². The number of fused-ring (bicyclic) bond motifs is 1. The highest BCUT2D eigenvalue weighted by atomic mass is 79.9. The molecule has 0 radical (unpaired) electrons. The van der Waals surface area contributed by atoms with Gasteiger partial charge in [-0.05, 0) is 42.5 Å². The summed E-state index contributed by atoms with van der Waals surface area (Å²) in [6, 6.07) is 13.2. The maximum absolute atomic E-state index is 13.1. The van der Waals surface area contributed by atoms with E-state index in [0.29, 0.717) is 16.4 Å². The van der Waals surface area contributed by atoms with Crippen LogP contribution in [-0.4, -0.2) is 38.0 Å². The molecule has 5 nitrogen and oxygen atoms in total. The van der Waals surface area contributed by atoms with Gasteiger partial charge in [0.2, 0.25) is 0 Å². The molecular weight excluding hydrogens is 428 g/mol. The minimum absolute atomic E-state index is 0.0312. The number of nitrogens with zero attached hydrogens (tertiary/aromatic N) is 2. The largest absolute Gasteiger partial charge is 0.329 e.